The van der Waals surface area contributed by atoms with Gasteiger partial charge in [0.25, 0.3) is 0 Å². The molecule has 0 unspecified atom stereocenters. The fourth-order valence-electron chi connectivity index (χ4n) is 2.09. The Hall–Kier alpha value is -1.89. The van der Waals surface area contributed by atoms with Crippen LogP contribution in [0.3, 0.4) is 0 Å². The van der Waals surface area contributed by atoms with Crippen molar-refractivity contribution < 1.29 is 14.7 Å². The average molecular weight is 282 g/mol. The maximum atomic E-state index is 12.0. The maximum absolute atomic E-state index is 12.0. The van der Waals surface area contributed by atoms with Gasteiger partial charge < -0.3 is 15.4 Å². The summed E-state index contributed by atoms with van der Waals surface area (Å²) in [5, 5.41) is 13.4. The van der Waals surface area contributed by atoms with Crippen LogP contribution in [0.5, 0.6) is 0 Å². The summed E-state index contributed by atoms with van der Waals surface area (Å²) in [6.45, 7) is 0.212. The number of carboxylic acids is 1. The van der Waals surface area contributed by atoms with Crippen molar-refractivity contribution in [2.75, 3.05) is 0 Å². The zero-order valence-corrected chi connectivity index (χ0v) is 10.9. The molecular formula is C12H14N2O4S. The molecule has 102 valence electrons. The van der Waals surface area contributed by atoms with Crippen LogP contribution in [0.4, 0.5) is 0 Å². The predicted octanol–water partition coefficient (Wildman–Crippen LogP) is 0.720. The summed E-state index contributed by atoms with van der Waals surface area (Å²) in [6, 6.07) is 0. The first-order valence-electron chi connectivity index (χ1n) is 5.90. The predicted molar refractivity (Wildman–Crippen MR) is 69.8 cm³/mol. The number of H-pyrrole nitrogens is 1. The Morgan fingerprint density at radius 3 is 2.63 bits per heavy atom. The maximum Gasteiger partial charge on any atom is 0.307 e. The molecule has 0 bridgehead atoms. The van der Waals surface area contributed by atoms with Crippen LogP contribution >= 0.6 is 11.3 Å². The number of thiazole rings is 1. The molecule has 2 rings (SSSR count). The Kier molecular flexibility index (Phi) is 4.16. The third-order valence-electron chi connectivity index (χ3n) is 3.11. The molecule has 2 atom stereocenters. The molecule has 0 radical (unpaired) electrons. The van der Waals surface area contributed by atoms with Gasteiger partial charge in [-0.25, -0.2) is 0 Å². The molecule has 1 amide bonds. The summed E-state index contributed by atoms with van der Waals surface area (Å²) < 4.78 is 0. The average Bonchev–Trinajstić information content (AvgIpc) is 2.81. The fraction of sp³-hybridized carbons (Fsp3) is 0.417. The summed E-state index contributed by atoms with van der Waals surface area (Å²) in [5.41, 5.74) is 0.626. The molecule has 1 aromatic rings. The summed E-state index contributed by atoms with van der Waals surface area (Å²) in [5.74, 6) is -2.46. The van der Waals surface area contributed by atoms with E-state index in [4.69, 9.17) is 5.11 Å². The van der Waals surface area contributed by atoms with Crippen molar-refractivity contribution in [3.8, 4) is 0 Å². The van der Waals surface area contributed by atoms with Crippen molar-refractivity contribution in [2.24, 2.45) is 11.8 Å². The number of aromatic nitrogens is 1. The number of amides is 1. The quantitative estimate of drug-likeness (QED) is 0.708. The van der Waals surface area contributed by atoms with Crippen molar-refractivity contribution in [3.05, 3.63) is 32.9 Å². The topological polar surface area (TPSA) is 99.3 Å². The summed E-state index contributed by atoms with van der Waals surface area (Å²) in [4.78, 5) is 36.4. The first-order valence-corrected chi connectivity index (χ1v) is 6.78. The van der Waals surface area contributed by atoms with Crippen LogP contribution in [-0.4, -0.2) is 22.0 Å². The van der Waals surface area contributed by atoms with Crippen molar-refractivity contribution in [3.63, 3.8) is 0 Å². The second kappa shape index (κ2) is 5.83. The van der Waals surface area contributed by atoms with Gasteiger partial charge in [-0.15, -0.1) is 0 Å². The second-order valence-corrected chi connectivity index (χ2v) is 5.23. The third-order valence-corrected chi connectivity index (χ3v) is 3.83. The van der Waals surface area contributed by atoms with Gasteiger partial charge >= 0.3 is 10.8 Å². The lowest BCUT2D eigenvalue weighted by atomic mass is 9.82. The van der Waals surface area contributed by atoms with E-state index in [1.54, 1.807) is 11.5 Å². The molecule has 0 aromatic carbocycles. The van der Waals surface area contributed by atoms with E-state index < -0.39 is 17.8 Å². The summed E-state index contributed by atoms with van der Waals surface area (Å²) in [6.07, 6.45) is 4.43. The van der Waals surface area contributed by atoms with Gasteiger partial charge in [-0.2, -0.15) is 0 Å². The smallest absolute Gasteiger partial charge is 0.307 e. The van der Waals surface area contributed by atoms with Gasteiger partial charge in [-0.1, -0.05) is 23.5 Å². The Balaban J connectivity index is 1.96. The Labute approximate surface area is 113 Å². The highest BCUT2D eigenvalue weighted by molar-refractivity contribution is 7.07. The number of aromatic amines is 1. The lowest BCUT2D eigenvalue weighted by Gasteiger charge is -2.24. The molecule has 6 nitrogen and oxygen atoms in total. The largest absolute Gasteiger partial charge is 0.481 e. The van der Waals surface area contributed by atoms with Crippen molar-refractivity contribution in [1.82, 2.24) is 10.3 Å². The zero-order chi connectivity index (χ0) is 13.8. The molecule has 1 aliphatic carbocycles. The second-order valence-electron chi connectivity index (χ2n) is 4.39. The summed E-state index contributed by atoms with van der Waals surface area (Å²) in [7, 11) is 0. The molecule has 19 heavy (non-hydrogen) atoms. The molecular weight excluding hydrogens is 268 g/mol. The van der Waals surface area contributed by atoms with Gasteiger partial charge in [0.1, 0.15) is 0 Å². The van der Waals surface area contributed by atoms with Crippen LogP contribution in [0.2, 0.25) is 0 Å². The van der Waals surface area contributed by atoms with Crippen molar-refractivity contribution in [1.29, 1.82) is 0 Å². The zero-order valence-electron chi connectivity index (χ0n) is 10.1. The minimum absolute atomic E-state index is 0.173. The lowest BCUT2D eigenvalue weighted by Crippen LogP contribution is -2.38. The number of carbonyl (C=O) groups excluding carboxylic acids is 1. The molecule has 0 saturated heterocycles. The number of hydrogen-bond acceptors (Lipinski definition) is 4. The SMILES string of the molecule is O=C(O)[C@H]1CC=CC[C@H]1C(=O)NCc1csc(=O)[nH]1. The standard InChI is InChI=1S/C12H14N2O4S/c15-10(13-5-7-6-19-12(18)14-7)8-3-1-2-4-9(8)11(16)17/h1-2,6,8-9H,3-5H2,(H,13,15)(H,14,18)(H,16,17)/t8-,9+/m1/s1. The van der Waals surface area contributed by atoms with Crippen molar-refractivity contribution in [2.45, 2.75) is 19.4 Å². The Bertz CT molecular complexity index is 560. The first-order chi connectivity index (χ1) is 9.08. The number of rotatable bonds is 4. The first kappa shape index (κ1) is 13.5. The molecule has 0 spiro atoms. The van der Waals surface area contributed by atoms with Crippen LogP contribution < -0.4 is 10.2 Å². The highest BCUT2D eigenvalue weighted by Gasteiger charge is 2.33. The van der Waals surface area contributed by atoms with Crippen LogP contribution in [0.25, 0.3) is 0 Å². The van der Waals surface area contributed by atoms with E-state index in [9.17, 15) is 14.4 Å². The van der Waals surface area contributed by atoms with E-state index in [-0.39, 0.29) is 17.3 Å². The minimum atomic E-state index is -0.951. The van der Waals surface area contributed by atoms with Crippen LogP contribution in [-0.2, 0) is 16.1 Å². The van der Waals surface area contributed by atoms with E-state index in [1.165, 1.54) is 0 Å². The highest BCUT2D eigenvalue weighted by atomic mass is 32.1. The monoisotopic (exact) mass is 282 g/mol. The fourth-order valence-corrected chi connectivity index (χ4v) is 2.67. The van der Waals surface area contributed by atoms with Crippen molar-refractivity contribution >= 4 is 23.2 Å². The normalized spacial score (nSPS) is 22.1. The third kappa shape index (κ3) is 3.31. The summed E-state index contributed by atoms with van der Waals surface area (Å²) >= 11 is 1.03. The molecule has 0 fully saturated rings. The number of carbonyl (C=O) groups is 2. The van der Waals surface area contributed by atoms with E-state index in [1.807, 2.05) is 6.08 Å². The molecule has 0 aliphatic heterocycles. The van der Waals surface area contributed by atoms with Gasteiger partial charge in [-0.05, 0) is 12.8 Å². The van der Waals surface area contributed by atoms with E-state index in [2.05, 4.69) is 10.3 Å². The molecule has 7 heteroatoms. The number of hydrogen-bond donors (Lipinski definition) is 3. The van der Waals surface area contributed by atoms with E-state index in [0.29, 0.717) is 18.5 Å². The van der Waals surface area contributed by atoms with E-state index >= 15 is 0 Å². The number of carboxylic acid groups (broad SMARTS) is 1. The molecule has 1 aromatic heterocycles. The van der Waals surface area contributed by atoms with Crippen LogP contribution in [0.15, 0.2) is 22.3 Å². The van der Waals surface area contributed by atoms with Gasteiger partial charge in [-0.3, -0.25) is 14.4 Å². The van der Waals surface area contributed by atoms with Gasteiger partial charge in [0.15, 0.2) is 0 Å². The lowest BCUT2D eigenvalue weighted by molar-refractivity contribution is -0.147. The minimum Gasteiger partial charge on any atom is -0.481 e. The Morgan fingerprint density at radius 2 is 2.05 bits per heavy atom. The molecule has 0 saturated carbocycles. The number of allylic oxidation sites excluding steroid dienone is 2. The number of nitrogens with one attached hydrogen (secondary N) is 2. The van der Waals surface area contributed by atoms with E-state index in [0.717, 1.165) is 11.3 Å². The number of aliphatic carboxylic acids is 1. The van der Waals surface area contributed by atoms with Gasteiger partial charge in [0, 0.05) is 11.1 Å². The van der Waals surface area contributed by atoms with Crippen LogP contribution in [0, 0.1) is 11.8 Å². The van der Waals surface area contributed by atoms with Gasteiger partial charge in [0.05, 0.1) is 18.4 Å². The van der Waals surface area contributed by atoms with Crippen LogP contribution in [0.1, 0.15) is 18.5 Å². The molecule has 1 heterocycles. The van der Waals surface area contributed by atoms with Gasteiger partial charge in [0.2, 0.25) is 5.91 Å². The Morgan fingerprint density at radius 1 is 1.37 bits per heavy atom. The highest BCUT2D eigenvalue weighted by Crippen LogP contribution is 2.26. The molecule has 1 aliphatic rings. The molecule has 3 N–H and O–H groups in total.